The molecule has 1 aliphatic rings. The van der Waals surface area contributed by atoms with E-state index >= 15 is 0 Å². The van der Waals surface area contributed by atoms with E-state index in [9.17, 15) is 9.59 Å². The third-order valence-electron chi connectivity index (χ3n) is 2.95. The van der Waals surface area contributed by atoms with Gasteiger partial charge in [-0.3, -0.25) is 24.8 Å². The highest BCUT2D eigenvalue weighted by molar-refractivity contribution is 6.05. The number of carbonyl (C=O) groups is 2. The smallest absolute Gasteiger partial charge is 0.246 e. The summed E-state index contributed by atoms with van der Waals surface area (Å²) in [7, 11) is 0. The van der Waals surface area contributed by atoms with Gasteiger partial charge in [0, 0.05) is 19.3 Å². The maximum atomic E-state index is 11.9. The largest absolute Gasteiger partial charge is 0.300 e. The van der Waals surface area contributed by atoms with Crippen molar-refractivity contribution in [2.45, 2.75) is 32.4 Å². The first-order chi connectivity index (χ1) is 8.72. The molecule has 1 atom stereocenters. The van der Waals surface area contributed by atoms with Crippen molar-refractivity contribution in [3.05, 3.63) is 30.1 Å². The number of aromatic nitrogens is 1. The van der Waals surface area contributed by atoms with Crippen molar-refractivity contribution in [1.82, 2.24) is 15.2 Å². The lowest BCUT2D eigenvalue weighted by molar-refractivity contribution is -0.138. The number of carbonyl (C=O) groups excluding carboxylic acids is 2. The molecule has 1 aliphatic heterocycles. The van der Waals surface area contributed by atoms with E-state index in [1.165, 1.54) is 4.90 Å². The molecule has 5 heteroatoms. The van der Waals surface area contributed by atoms with Crippen molar-refractivity contribution in [3.8, 4) is 0 Å². The van der Waals surface area contributed by atoms with E-state index in [4.69, 9.17) is 0 Å². The van der Waals surface area contributed by atoms with Gasteiger partial charge in [0.2, 0.25) is 11.8 Å². The van der Waals surface area contributed by atoms with Crippen molar-refractivity contribution < 1.29 is 9.59 Å². The van der Waals surface area contributed by atoms with Gasteiger partial charge in [-0.25, -0.2) is 0 Å². The van der Waals surface area contributed by atoms with Gasteiger partial charge in [0.05, 0.1) is 18.2 Å². The number of likely N-dealkylation sites (tertiary alicyclic amines) is 1. The van der Waals surface area contributed by atoms with Crippen LogP contribution in [0.4, 0.5) is 0 Å². The Morgan fingerprint density at radius 2 is 2.28 bits per heavy atom. The van der Waals surface area contributed by atoms with Crippen LogP contribution >= 0.6 is 0 Å². The summed E-state index contributed by atoms with van der Waals surface area (Å²) in [5, 5.41) is 3.09. The maximum Gasteiger partial charge on any atom is 0.246 e. The second-order valence-corrected chi connectivity index (χ2v) is 4.34. The van der Waals surface area contributed by atoms with Crippen LogP contribution in [-0.4, -0.2) is 34.3 Å². The van der Waals surface area contributed by atoms with Gasteiger partial charge in [-0.2, -0.15) is 0 Å². The summed E-state index contributed by atoms with van der Waals surface area (Å²) in [5.74, 6) is -0.196. The molecule has 0 saturated carbocycles. The maximum absolute atomic E-state index is 11.9. The lowest BCUT2D eigenvalue weighted by Gasteiger charge is -2.14. The summed E-state index contributed by atoms with van der Waals surface area (Å²) in [6.45, 7) is 2.97. The topological polar surface area (TPSA) is 62.3 Å². The summed E-state index contributed by atoms with van der Waals surface area (Å²) < 4.78 is 0. The lowest BCUT2D eigenvalue weighted by atomic mass is 10.2. The Labute approximate surface area is 106 Å². The monoisotopic (exact) mass is 247 g/mol. The number of hydrogen-bond acceptors (Lipinski definition) is 4. The molecule has 5 nitrogen and oxygen atoms in total. The van der Waals surface area contributed by atoms with Crippen molar-refractivity contribution in [1.29, 1.82) is 0 Å². The minimum atomic E-state index is -0.397. The van der Waals surface area contributed by atoms with Crippen LogP contribution < -0.4 is 5.32 Å². The van der Waals surface area contributed by atoms with Crippen LogP contribution in [0.15, 0.2) is 24.4 Å². The zero-order valence-corrected chi connectivity index (χ0v) is 10.4. The van der Waals surface area contributed by atoms with Gasteiger partial charge in [0.15, 0.2) is 0 Å². The summed E-state index contributed by atoms with van der Waals surface area (Å²) in [5.41, 5.74) is 0.867. The Morgan fingerprint density at radius 1 is 1.44 bits per heavy atom. The van der Waals surface area contributed by atoms with Crippen molar-refractivity contribution in [3.63, 3.8) is 0 Å². The Hall–Kier alpha value is -1.75. The van der Waals surface area contributed by atoms with E-state index in [1.807, 2.05) is 25.1 Å². The number of nitrogens with one attached hydrogen (secondary N) is 1. The van der Waals surface area contributed by atoms with Gasteiger partial charge in [-0.15, -0.1) is 0 Å². The minimum Gasteiger partial charge on any atom is -0.300 e. The van der Waals surface area contributed by atoms with Gasteiger partial charge in [-0.05, 0) is 18.6 Å². The lowest BCUT2D eigenvalue weighted by Crippen LogP contribution is -2.38. The molecule has 0 bridgehead atoms. The summed E-state index contributed by atoms with van der Waals surface area (Å²) in [4.78, 5) is 29.1. The minimum absolute atomic E-state index is 0.0830. The zero-order valence-electron chi connectivity index (χ0n) is 10.4. The molecule has 2 amide bonds. The summed E-state index contributed by atoms with van der Waals surface area (Å²) in [6, 6.07) is 5.23. The molecule has 1 N–H and O–H groups in total. The average molecular weight is 247 g/mol. The number of nitrogens with zero attached hydrogens (tertiary/aromatic N) is 2. The third kappa shape index (κ3) is 2.73. The molecule has 1 aromatic rings. The molecular formula is C13H17N3O2. The molecular weight excluding hydrogens is 230 g/mol. The predicted molar refractivity (Wildman–Crippen MR) is 66.5 cm³/mol. The molecule has 1 aromatic heterocycles. The molecule has 96 valence electrons. The molecule has 2 rings (SSSR count). The first-order valence-corrected chi connectivity index (χ1v) is 6.20. The molecule has 0 spiro atoms. The second-order valence-electron chi connectivity index (χ2n) is 4.34. The van der Waals surface area contributed by atoms with E-state index in [0.717, 1.165) is 12.1 Å². The van der Waals surface area contributed by atoms with Gasteiger partial charge in [0.1, 0.15) is 0 Å². The Bertz CT molecular complexity index is 433. The third-order valence-corrected chi connectivity index (χ3v) is 2.95. The number of amides is 2. The first kappa shape index (κ1) is 12.7. The summed E-state index contributed by atoms with van der Waals surface area (Å²) in [6.07, 6.45) is 2.76. The molecule has 18 heavy (non-hydrogen) atoms. The summed E-state index contributed by atoms with van der Waals surface area (Å²) >= 11 is 0. The van der Waals surface area contributed by atoms with Crippen LogP contribution in [0.1, 0.15) is 25.5 Å². The van der Waals surface area contributed by atoms with Gasteiger partial charge < -0.3 is 0 Å². The number of rotatable bonds is 5. The standard InChI is InChI=1S/C13H17N3O2/c1-2-7-16-12(17)8-11(13(16)18)15-9-10-5-3-4-6-14-10/h3-6,11,15H,2,7-9H2,1H3. The van der Waals surface area contributed by atoms with E-state index in [2.05, 4.69) is 10.3 Å². The van der Waals surface area contributed by atoms with E-state index in [1.54, 1.807) is 6.20 Å². The highest BCUT2D eigenvalue weighted by Gasteiger charge is 2.37. The van der Waals surface area contributed by atoms with Crippen LogP contribution in [0.3, 0.4) is 0 Å². The molecule has 1 fully saturated rings. The quantitative estimate of drug-likeness (QED) is 0.778. The van der Waals surface area contributed by atoms with Crippen molar-refractivity contribution in [2.75, 3.05) is 6.54 Å². The van der Waals surface area contributed by atoms with Gasteiger partial charge in [-0.1, -0.05) is 13.0 Å². The van der Waals surface area contributed by atoms with Crippen LogP contribution in [0.25, 0.3) is 0 Å². The van der Waals surface area contributed by atoms with E-state index < -0.39 is 6.04 Å². The second kappa shape index (κ2) is 5.73. The number of pyridine rings is 1. The highest BCUT2D eigenvalue weighted by atomic mass is 16.2. The SMILES string of the molecule is CCCN1C(=O)CC(NCc2ccccn2)C1=O. The Morgan fingerprint density at radius 3 is 2.94 bits per heavy atom. The average Bonchev–Trinajstić information content (AvgIpc) is 2.66. The van der Waals surface area contributed by atoms with Crippen LogP contribution in [-0.2, 0) is 16.1 Å². The van der Waals surface area contributed by atoms with Crippen molar-refractivity contribution >= 4 is 11.8 Å². The molecule has 1 unspecified atom stereocenters. The Kier molecular flexibility index (Phi) is 4.04. The fourth-order valence-corrected chi connectivity index (χ4v) is 2.03. The normalized spacial score (nSPS) is 19.6. The Balaban J connectivity index is 1.91. The number of hydrogen-bond donors (Lipinski definition) is 1. The van der Waals surface area contributed by atoms with E-state index in [-0.39, 0.29) is 18.2 Å². The zero-order chi connectivity index (χ0) is 13.0. The fourth-order valence-electron chi connectivity index (χ4n) is 2.03. The first-order valence-electron chi connectivity index (χ1n) is 6.20. The van der Waals surface area contributed by atoms with E-state index in [0.29, 0.717) is 13.1 Å². The molecule has 1 saturated heterocycles. The fraction of sp³-hybridized carbons (Fsp3) is 0.462. The molecule has 0 aliphatic carbocycles. The van der Waals surface area contributed by atoms with Crippen LogP contribution in [0.2, 0.25) is 0 Å². The highest BCUT2D eigenvalue weighted by Crippen LogP contribution is 2.13. The van der Waals surface area contributed by atoms with Crippen LogP contribution in [0, 0.1) is 0 Å². The predicted octanol–water partition coefficient (Wildman–Crippen LogP) is 0.709. The molecule has 0 radical (unpaired) electrons. The number of imide groups is 1. The molecule has 2 heterocycles. The van der Waals surface area contributed by atoms with Crippen LogP contribution in [0.5, 0.6) is 0 Å². The van der Waals surface area contributed by atoms with Crippen molar-refractivity contribution in [2.24, 2.45) is 0 Å². The van der Waals surface area contributed by atoms with Gasteiger partial charge >= 0.3 is 0 Å². The molecule has 0 aromatic carbocycles. The van der Waals surface area contributed by atoms with Gasteiger partial charge in [0.25, 0.3) is 0 Å².